The highest BCUT2D eigenvalue weighted by atomic mass is 16.5. The lowest BCUT2D eigenvalue weighted by atomic mass is 10.2. The number of anilines is 1. The number of aliphatic carboxylic acids is 1. The van der Waals surface area contributed by atoms with E-state index in [1.807, 2.05) is 30.3 Å². The number of nitrogens with one attached hydrogen (secondary N) is 1. The van der Waals surface area contributed by atoms with Gasteiger partial charge in [-0.25, -0.2) is 4.79 Å². The summed E-state index contributed by atoms with van der Waals surface area (Å²) in [5.74, 6) is -1.07. The van der Waals surface area contributed by atoms with Crippen molar-refractivity contribution in [3.8, 4) is 5.75 Å². The zero-order valence-electron chi connectivity index (χ0n) is 15.1. The van der Waals surface area contributed by atoms with Crippen LogP contribution in [-0.2, 0) is 20.9 Å². The largest absolute Gasteiger partial charge is 0.482 e. The van der Waals surface area contributed by atoms with E-state index >= 15 is 0 Å². The molecular formula is C20H22N2O5. The van der Waals surface area contributed by atoms with Gasteiger partial charge in [0.15, 0.2) is 6.61 Å². The number of rotatable bonds is 9. The van der Waals surface area contributed by atoms with Crippen molar-refractivity contribution >= 4 is 23.5 Å². The first-order chi connectivity index (χ1) is 12.9. The van der Waals surface area contributed by atoms with Crippen molar-refractivity contribution < 1.29 is 24.2 Å². The molecule has 0 aromatic heterocycles. The SMILES string of the molecule is CC(=O)N(CCC(=O)Nc1cccc(OCC(=O)O)c1)Cc1ccccc1. The van der Waals surface area contributed by atoms with Crippen LogP contribution in [0, 0.1) is 0 Å². The van der Waals surface area contributed by atoms with E-state index in [-0.39, 0.29) is 18.2 Å². The smallest absolute Gasteiger partial charge is 0.341 e. The zero-order valence-corrected chi connectivity index (χ0v) is 15.1. The Kier molecular flexibility index (Phi) is 7.37. The van der Waals surface area contributed by atoms with Crippen LogP contribution in [0.3, 0.4) is 0 Å². The van der Waals surface area contributed by atoms with Gasteiger partial charge in [-0.3, -0.25) is 9.59 Å². The van der Waals surface area contributed by atoms with Crippen molar-refractivity contribution in [2.45, 2.75) is 19.9 Å². The number of carboxylic acid groups (broad SMARTS) is 1. The molecule has 0 aliphatic heterocycles. The van der Waals surface area contributed by atoms with Gasteiger partial charge in [0.25, 0.3) is 0 Å². The highest BCUT2D eigenvalue weighted by molar-refractivity contribution is 5.91. The molecule has 0 unspecified atom stereocenters. The summed E-state index contributed by atoms with van der Waals surface area (Å²) in [4.78, 5) is 36.2. The fourth-order valence-corrected chi connectivity index (χ4v) is 2.42. The molecule has 0 saturated carbocycles. The minimum atomic E-state index is -1.08. The Bertz CT molecular complexity index is 792. The van der Waals surface area contributed by atoms with Crippen molar-refractivity contribution in [1.29, 1.82) is 0 Å². The van der Waals surface area contributed by atoms with Gasteiger partial charge in [0.1, 0.15) is 5.75 Å². The summed E-state index contributed by atoms with van der Waals surface area (Å²) >= 11 is 0. The van der Waals surface area contributed by atoms with Crippen LogP contribution in [0.15, 0.2) is 54.6 Å². The third-order valence-corrected chi connectivity index (χ3v) is 3.75. The topological polar surface area (TPSA) is 95.9 Å². The van der Waals surface area contributed by atoms with E-state index in [0.717, 1.165) is 5.56 Å². The number of nitrogens with zero attached hydrogens (tertiary/aromatic N) is 1. The van der Waals surface area contributed by atoms with Gasteiger partial charge < -0.3 is 20.1 Å². The van der Waals surface area contributed by atoms with E-state index in [2.05, 4.69) is 5.32 Å². The van der Waals surface area contributed by atoms with Gasteiger partial charge >= 0.3 is 5.97 Å². The molecule has 0 aliphatic carbocycles. The third kappa shape index (κ3) is 7.19. The van der Waals surface area contributed by atoms with Crippen LogP contribution in [0.4, 0.5) is 5.69 Å². The molecule has 0 atom stereocenters. The molecule has 0 heterocycles. The summed E-state index contributed by atoms with van der Waals surface area (Å²) in [5, 5.41) is 11.4. The predicted octanol–water partition coefficient (Wildman–Crippen LogP) is 2.53. The fourth-order valence-electron chi connectivity index (χ4n) is 2.42. The number of amides is 2. The Balaban J connectivity index is 1.87. The number of hydrogen-bond acceptors (Lipinski definition) is 4. The Morgan fingerprint density at radius 3 is 2.48 bits per heavy atom. The Morgan fingerprint density at radius 2 is 1.81 bits per heavy atom. The van der Waals surface area contributed by atoms with E-state index in [0.29, 0.717) is 24.5 Å². The molecule has 0 radical (unpaired) electrons. The molecule has 2 rings (SSSR count). The number of benzene rings is 2. The lowest BCUT2D eigenvalue weighted by molar-refractivity contribution is -0.139. The Morgan fingerprint density at radius 1 is 1.07 bits per heavy atom. The molecule has 2 aromatic carbocycles. The maximum Gasteiger partial charge on any atom is 0.341 e. The van der Waals surface area contributed by atoms with Crippen LogP contribution in [0.2, 0.25) is 0 Å². The second-order valence-corrected chi connectivity index (χ2v) is 5.93. The highest BCUT2D eigenvalue weighted by Gasteiger charge is 2.12. The van der Waals surface area contributed by atoms with Crippen LogP contribution >= 0.6 is 0 Å². The van der Waals surface area contributed by atoms with Gasteiger partial charge in [0, 0.05) is 38.2 Å². The summed E-state index contributed by atoms with van der Waals surface area (Å²) in [6.45, 7) is 1.77. The summed E-state index contributed by atoms with van der Waals surface area (Å²) in [6.07, 6.45) is 0.145. The molecule has 0 spiro atoms. The van der Waals surface area contributed by atoms with Gasteiger partial charge in [-0.1, -0.05) is 36.4 Å². The lowest BCUT2D eigenvalue weighted by Crippen LogP contribution is -2.31. The molecular weight excluding hydrogens is 348 g/mol. The quantitative estimate of drug-likeness (QED) is 0.707. The first-order valence-corrected chi connectivity index (χ1v) is 8.48. The molecule has 0 saturated heterocycles. The summed E-state index contributed by atoms with van der Waals surface area (Å²) in [7, 11) is 0. The predicted molar refractivity (Wildman–Crippen MR) is 100 cm³/mol. The zero-order chi connectivity index (χ0) is 19.6. The van der Waals surface area contributed by atoms with E-state index in [1.54, 1.807) is 29.2 Å². The van der Waals surface area contributed by atoms with Crippen LogP contribution in [0.5, 0.6) is 5.75 Å². The van der Waals surface area contributed by atoms with Crippen molar-refractivity contribution in [3.05, 3.63) is 60.2 Å². The molecule has 0 bridgehead atoms. The number of carboxylic acids is 1. The number of carbonyl (C=O) groups is 3. The van der Waals surface area contributed by atoms with Crippen LogP contribution < -0.4 is 10.1 Å². The van der Waals surface area contributed by atoms with Gasteiger partial charge in [0.05, 0.1) is 0 Å². The molecule has 2 N–H and O–H groups in total. The van der Waals surface area contributed by atoms with E-state index < -0.39 is 12.6 Å². The normalized spacial score (nSPS) is 10.1. The molecule has 27 heavy (non-hydrogen) atoms. The fraction of sp³-hybridized carbons (Fsp3) is 0.250. The average molecular weight is 370 g/mol. The molecule has 7 heteroatoms. The third-order valence-electron chi connectivity index (χ3n) is 3.75. The van der Waals surface area contributed by atoms with Crippen LogP contribution in [0.1, 0.15) is 18.9 Å². The van der Waals surface area contributed by atoms with E-state index in [4.69, 9.17) is 9.84 Å². The molecule has 2 amide bonds. The van der Waals surface area contributed by atoms with Crippen molar-refractivity contribution in [1.82, 2.24) is 4.90 Å². The highest BCUT2D eigenvalue weighted by Crippen LogP contribution is 2.17. The minimum absolute atomic E-state index is 0.101. The van der Waals surface area contributed by atoms with E-state index in [1.165, 1.54) is 6.92 Å². The average Bonchev–Trinajstić information content (AvgIpc) is 2.64. The Hall–Kier alpha value is -3.35. The van der Waals surface area contributed by atoms with Crippen LogP contribution in [-0.4, -0.2) is 40.9 Å². The van der Waals surface area contributed by atoms with Gasteiger partial charge in [0.2, 0.25) is 11.8 Å². The summed E-state index contributed by atoms with van der Waals surface area (Å²) in [6, 6.07) is 16.1. The maximum absolute atomic E-state index is 12.2. The van der Waals surface area contributed by atoms with Crippen molar-refractivity contribution in [2.24, 2.45) is 0 Å². The summed E-state index contributed by atoms with van der Waals surface area (Å²) < 4.78 is 5.08. The number of hydrogen-bond donors (Lipinski definition) is 2. The molecule has 142 valence electrons. The molecule has 0 aliphatic rings. The summed E-state index contributed by atoms with van der Waals surface area (Å²) in [5.41, 5.74) is 1.50. The van der Waals surface area contributed by atoms with Crippen molar-refractivity contribution in [2.75, 3.05) is 18.5 Å². The Labute approximate surface area is 157 Å². The number of carbonyl (C=O) groups excluding carboxylic acids is 2. The maximum atomic E-state index is 12.2. The van der Waals surface area contributed by atoms with Gasteiger partial charge in [-0.05, 0) is 17.7 Å². The molecule has 0 fully saturated rings. The van der Waals surface area contributed by atoms with E-state index in [9.17, 15) is 14.4 Å². The minimum Gasteiger partial charge on any atom is -0.482 e. The lowest BCUT2D eigenvalue weighted by Gasteiger charge is -2.21. The van der Waals surface area contributed by atoms with Gasteiger partial charge in [-0.15, -0.1) is 0 Å². The second-order valence-electron chi connectivity index (χ2n) is 5.93. The first-order valence-electron chi connectivity index (χ1n) is 8.48. The first kappa shape index (κ1) is 20.0. The molecule has 7 nitrogen and oxygen atoms in total. The number of ether oxygens (including phenoxy) is 1. The second kappa shape index (κ2) is 9.96. The van der Waals surface area contributed by atoms with Crippen molar-refractivity contribution in [3.63, 3.8) is 0 Å². The van der Waals surface area contributed by atoms with Crippen LogP contribution in [0.25, 0.3) is 0 Å². The molecule has 2 aromatic rings. The monoisotopic (exact) mass is 370 g/mol. The standard InChI is InChI=1S/C20H22N2O5/c1-15(23)22(13-16-6-3-2-4-7-16)11-10-19(24)21-17-8-5-9-18(12-17)27-14-20(25)26/h2-9,12H,10-11,13-14H2,1H3,(H,21,24)(H,25,26). The van der Waals surface area contributed by atoms with Gasteiger partial charge in [-0.2, -0.15) is 0 Å².